The van der Waals surface area contributed by atoms with Gasteiger partial charge in [0, 0.05) is 24.6 Å². The second-order valence-corrected chi connectivity index (χ2v) is 8.47. The Hall–Kier alpha value is -1.35. The number of benzene rings is 1. The number of ether oxygens (including phenoxy) is 1. The third kappa shape index (κ3) is 5.85. The normalized spacial score (nSPS) is 22.4. The molecule has 2 aliphatic rings. The minimum Gasteiger partial charge on any atom is -0.493 e. The molecule has 0 aromatic heterocycles. The molecule has 3 heteroatoms. The van der Waals surface area contributed by atoms with Gasteiger partial charge in [-0.15, -0.1) is 0 Å². The Labute approximate surface area is 152 Å². The molecule has 3 rings (SSSR count). The Morgan fingerprint density at radius 1 is 1.20 bits per heavy atom. The molecule has 0 saturated heterocycles. The molecule has 2 saturated carbocycles. The summed E-state index contributed by atoms with van der Waals surface area (Å²) in [4.78, 5) is 14.7. The predicted molar refractivity (Wildman–Crippen MR) is 102 cm³/mol. The highest BCUT2D eigenvalue weighted by Gasteiger charge is 2.40. The van der Waals surface area contributed by atoms with Gasteiger partial charge in [-0.25, -0.2) is 0 Å². The lowest BCUT2D eigenvalue weighted by Crippen LogP contribution is -2.24. The van der Waals surface area contributed by atoms with E-state index in [4.69, 9.17) is 4.74 Å². The van der Waals surface area contributed by atoms with Crippen LogP contribution in [-0.4, -0.2) is 36.9 Å². The summed E-state index contributed by atoms with van der Waals surface area (Å²) in [6.45, 7) is 6.43. The average Bonchev–Trinajstić information content (AvgIpc) is 3.48. The maximum Gasteiger partial charge on any atom is 0.162 e. The Morgan fingerprint density at radius 3 is 2.56 bits per heavy atom. The molecule has 0 N–H and O–H groups in total. The van der Waals surface area contributed by atoms with Gasteiger partial charge in [0.1, 0.15) is 5.75 Å². The van der Waals surface area contributed by atoms with Crippen LogP contribution in [0.25, 0.3) is 0 Å². The molecule has 1 aromatic rings. The van der Waals surface area contributed by atoms with Gasteiger partial charge in [-0.05, 0) is 74.8 Å². The fraction of sp³-hybridized carbons (Fsp3) is 0.682. The Kier molecular flexibility index (Phi) is 6.16. The van der Waals surface area contributed by atoms with E-state index >= 15 is 0 Å². The van der Waals surface area contributed by atoms with Gasteiger partial charge in [0.25, 0.3) is 0 Å². The first-order valence-corrected chi connectivity index (χ1v) is 9.99. The van der Waals surface area contributed by atoms with Crippen molar-refractivity contribution < 1.29 is 9.53 Å². The summed E-state index contributed by atoms with van der Waals surface area (Å²) in [5.41, 5.74) is 0.812. The van der Waals surface area contributed by atoms with Gasteiger partial charge < -0.3 is 9.64 Å². The number of rotatable bonds is 11. The highest BCUT2D eigenvalue weighted by molar-refractivity contribution is 5.96. The van der Waals surface area contributed by atoms with E-state index in [1.165, 1.54) is 25.8 Å². The van der Waals surface area contributed by atoms with Crippen LogP contribution in [-0.2, 0) is 0 Å². The number of Topliss-reactive ketones (excluding diaryl/α,β-unsaturated/α-hetero) is 1. The van der Waals surface area contributed by atoms with Crippen LogP contribution < -0.4 is 4.74 Å². The average molecular weight is 344 g/mol. The monoisotopic (exact) mass is 343 g/mol. The standard InChI is InChI=1S/C22H33NO2/c1-16(2)5-4-6-22(24)17-7-11-21(12-8-17)25-15-19-13-18(19)14-23(3)20-9-10-20/h7-8,11-12,16,18-20H,4-6,9-10,13-15H2,1-3H3. The molecule has 2 atom stereocenters. The summed E-state index contributed by atoms with van der Waals surface area (Å²) in [5, 5.41) is 0. The van der Waals surface area contributed by atoms with Crippen LogP contribution in [0.1, 0.15) is 62.7 Å². The van der Waals surface area contributed by atoms with Crippen molar-refractivity contribution in [1.82, 2.24) is 4.90 Å². The van der Waals surface area contributed by atoms with E-state index in [1.807, 2.05) is 24.3 Å². The summed E-state index contributed by atoms with van der Waals surface area (Å²) in [6.07, 6.45) is 6.80. The van der Waals surface area contributed by atoms with E-state index in [-0.39, 0.29) is 5.78 Å². The molecule has 0 heterocycles. The molecule has 25 heavy (non-hydrogen) atoms. The molecule has 2 fully saturated rings. The molecule has 138 valence electrons. The molecule has 0 amide bonds. The van der Waals surface area contributed by atoms with E-state index in [1.54, 1.807) is 0 Å². The highest BCUT2D eigenvalue weighted by atomic mass is 16.5. The molecule has 3 nitrogen and oxygen atoms in total. The molecule has 2 unspecified atom stereocenters. The molecule has 1 aromatic carbocycles. The number of hydrogen-bond acceptors (Lipinski definition) is 3. The first-order chi connectivity index (χ1) is 12.0. The van der Waals surface area contributed by atoms with Crippen LogP contribution >= 0.6 is 0 Å². The predicted octanol–water partition coefficient (Wildman–Crippen LogP) is 4.80. The van der Waals surface area contributed by atoms with Crippen molar-refractivity contribution in [1.29, 1.82) is 0 Å². The number of hydrogen-bond donors (Lipinski definition) is 0. The van der Waals surface area contributed by atoms with Crippen molar-refractivity contribution in [2.24, 2.45) is 17.8 Å². The van der Waals surface area contributed by atoms with E-state index in [2.05, 4.69) is 25.8 Å². The lowest BCUT2D eigenvalue weighted by atomic mass is 10.0. The number of ketones is 1. The van der Waals surface area contributed by atoms with Gasteiger partial charge in [-0.1, -0.05) is 20.3 Å². The van der Waals surface area contributed by atoms with Gasteiger partial charge in [-0.2, -0.15) is 0 Å². The van der Waals surface area contributed by atoms with Crippen molar-refractivity contribution >= 4 is 5.78 Å². The topological polar surface area (TPSA) is 29.5 Å². The Bertz CT molecular complexity index is 562. The summed E-state index contributed by atoms with van der Waals surface area (Å²) in [7, 11) is 2.25. The smallest absolute Gasteiger partial charge is 0.162 e. The first kappa shape index (κ1) is 18.4. The maximum absolute atomic E-state index is 12.2. The zero-order chi connectivity index (χ0) is 17.8. The van der Waals surface area contributed by atoms with Crippen molar-refractivity contribution in [3.63, 3.8) is 0 Å². The van der Waals surface area contributed by atoms with Crippen LogP contribution in [0, 0.1) is 17.8 Å². The second kappa shape index (κ2) is 8.35. The SMILES string of the molecule is CC(C)CCCC(=O)c1ccc(OCC2CC2CN(C)C2CC2)cc1. The second-order valence-electron chi connectivity index (χ2n) is 8.47. The molecule has 0 radical (unpaired) electrons. The molecule has 2 aliphatic carbocycles. The van der Waals surface area contributed by atoms with Gasteiger partial charge in [-0.3, -0.25) is 4.79 Å². The molecular weight excluding hydrogens is 310 g/mol. The Balaban J connectivity index is 1.36. The molecule has 0 aliphatic heterocycles. The number of nitrogens with zero attached hydrogens (tertiary/aromatic N) is 1. The van der Waals surface area contributed by atoms with Crippen LogP contribution in [0.3, 0.4) is 0 Å². The van der Waals surface area contributed by atoms with Crippen molar-refractivity contribution in [3.8, 4) is 5.75 Å². The fourth-order valence-electron chi connectivity index (χ4n) is 3.53. The third-order valence-corrected chi connectivity index (χ3v) is 5.59. The fourth-order valence-corrected chi connectivity index (χ4v) is 3.53. The molecular formula is C22H33NO2. The first-order valence-electron chi connectivity index (χ1n) is 9.99. The lowest BCUT2D eigenvalue weighted by Gasteiger charge is -2.15. The van der Waals surface area contributed by atoms with Crippen LogP contribution in [0.4, 0.5) is 0 Å². The summed E-state index contributed by atoms with van der Waals surface area (Å²) >= 11 is 0. The van der Waals surface area contributed by atoms with E-state index in [0.29, 0.717) is 18.3 Å². The minimum atomic E-state index is 0.248. The minimum absolute atomic E-state index is 0.248. The molecule has 0 bridgehead atoms. The quantitative estimate of drug-likeness (QED) is 0.540. The van der Waals surface area contributed by atoms with Gasteiger partial charge in [0.05, 0.1) is 6.61 Å². The van der Waals surface area contributed by atoms with Crippen molar-refractivity contribution in [2.45, 2.75) is 58.4 Å². The van der Waals surface area contributed by atoms with Crippen LogP contribution in [0.2, 0.25) is 0 Å². The van der Waals surface area contributed by atoms with Gasteiger partial charge >= 0.3 is 0 Å². The van der Waals surface area contributed by atoms with Gasteiger partial charge in [0.15, 0.2) is 5.78 Å². The molecule has 0 spiro atoms. The summed E-state index contributed by atoms with van der Waals surface area (Å²) in [5.74, 6) is 3.32. The maximum atomic E-state index is 12.2. The zero-order valence-electron chi connectivity index (χ0n) is 16.0. The number of carbonyl (C=O) groups is 1. The highest BCUT2D eigenvalue weighted by Crippen LogP contribution is 2.41. The van der Waals surface area contributed by atoms with E-state index < -0.39 is 0 Å². The van der Waals surface area contributed by atoms with Crippen LogP contribution in [0.15, 0.2) is 24.3 Å². The zero-order valence-corrected chi connectivity index (χ0v) is 16.0. The largest absolute Gasteiger partial charge is 0.493 e. The number of carbonyl (C=O) groups excluding carboxylic acids is 1. The van der Waals surface area contributed by atoms with E-state index in [9.17, 15) is 4.79 Å². The van der Waals surface area contributed by atoms with Crippen molar-refractivity contribution in [2.75, 3.05) is 20.2 Å². The summed E-state index contributed by atoms with van der Waals surface area (Å²) in [6, 6.07) is 8.58. The van der Waals surface area contributed by atoms with Crippen molar-refractivity contribution in [3.05, 3.63) is 29.8 Å². The summed E-state index contributed by atoms with van der Waals surface area (Å²) < 4.78 is 5.94. The van der Waals surface area contributed by atoms with Crippen LogP contribution in [0.5, 0.6) is 5.75 Å². The third-order valence-electron chi connectivity index (χ3n) is 5.59. The van der Waals surface area contributed by atoms with Gasteiger partial charge in [0.2, 0.25) is 0 Å². The van der Waals surface area contributed by atoms with E-state index in [0.717, 1.165) is 42.7 Å². The Morgan fingerprint density at radius 2 is 1.92 bits per heavy atom. The lowest BCUT2D eigenvalue weighted by molar-refractivity contribution is 0.0978.